The highest BCUT2D eigenvalue weighted by molar-refractivity contribution is 6.07. The first kappa shape index (κ1) is 36.7. The van der Waals surface area contributed by atoms with Crippen LogP contribution in [-0.4, -0.2) is 0 Å². The summed E-state index contributed by atoms with van der Waals surface area (Å²) in [6.45, 7) is 4.73. The quantitative estimate of drug-likeness (QED) is 0.166. The number of para-hydroxylation sites is 1. The predicted molar refractivity (Wildman–Crippen MR) is 266 cm³/mol. The van der Waals surface area contributed by atoms with Gasteiger partial charge in [0.25, 0.3) is 0 Å². The molecule has 0 N–H and O–H groups in total. The molecule has 1 unspecified atom stereocenters. The topological polar surface area (TPSA) is 16.4 Å². The Bertz CT molecular complexity index is 3650. The lowest BCUT2D eigenvalue weighted by Crippen LogP contribution is -2.28. The average Bonchev–Trinajstić information content (AvgIpc) is 3.95. The number of nitrogens with zero attached hydrogens (tertiary/aromatic N) is 1. The van der Waals surface area contributed by atoms with Crippen molar-refractivity contribution in [2.24, 2.45) is 0 Å². The lowest BCUT2D eigenvalue weighted by molar-refractivity contribution is 0.660. The Morgan fingerprint density at radius 1 is 0.375 bits per heavy atom. The number of hydrogen-bond acceptors (Lipinski definition) is 2. The Morgan fingerprint density at radius 3 is 1.83 bits per heavy atom. The van der Waals surface area contributed by atoms with Crippen LogP contribution in [0.4, 0.5) is 17.1 Å². The van der Waals surface area contributed by atoms with E-state index in [9.17, 15) is 0 Å². The summed E-state index contributed by atoms with van der Waals surface area (Å²) in [5.74, 6) is 0. The minimum absolute atomic E-state index is 0.164. The maximum Gasteiger partial charge on any atom is 0.137 e. The summed E-state index contributed by atoms with van der Waals surface area (Å²) in [7, 11) is 0. The van der Waals surface area contributed by atoms with Gasteiger partial charge in [-0.15, -0.1) is 0 Å². The third kappa shape index (κ3) is 5.14. The lowest BCUT2D eigenvalue weighted by atomic mass is 9.67. The standard InChI is InChI=1S/C62H43NO/c1-61(2)53-25-11-8-21-48(53)49-36-34-44(38-56(49)61)63(45-35-37-51-50-22-10-13-29-58(50)64-59(51)39-45)57-28-15-27-55-60(57)52-23-9-12-26-54(52)62(55,42-18-4-3-5-19-42)43-32-30-41(31-33-43)47-24-14-17-40-16-6-7-20-46(40)47/h3-39H,1-2H3. The van der Waals surface area contributed by atoms with E-state index in [1.54, 1.807) is 0 Å². The summed E-state index contributed by atoms with van der Waals surface area (Å²) < 4.78 is 6.60. The van der Waals surface area contributed by atoms with Gasteiger partial charge < -0.3 is 9.32 Å². The van der Waals surface area contributed by atoms with E-state index in [0.29, 0.717) is 0 Å². The molecule has 0 aliphatic heterocycles. The molecule has 1 atom stereocenters. The number of rotatable bonds is 6. The number of benzene rings is 10. The fourth-order valence-electron chi connectivity index (χ4n) is 11.5. The van der Waals surface area contributed by atoms with E-state index in [1.165, 1.54) is 77.5 Å². The van der Waals surface area contributed by atoms with E-state index in [2.05, 4.69) is 237 Å². The van der Waals surface area contributed by atoms with Crippen molar-refractivity contribution in [3.05, 3.63) is 258 Å². The van der Waals surface area contributed by atoms with Crippen molar-refractivity contribution < 1.29 is 4.42 Å². The molecule has 302 valence electrons. The first-order valence-corrected chi connectivity index (χ1v) is 22.3. The van der Waals surface area contributed by atoms with Gasteiger partial charge in [-0.3, -0.25) is 0 Å². The highest BCUT2D eigenvalue weighted by atomic mass is 16.3. The van der Waals surface area contributed by atoms with Gasteiger partial charge >= 0.3 is 0 Å². The van der Waals surface area contributed by atoms with Gasteiger partial charge in [-0.1, -0.05) is 196 Å². The Labute approximate surface area is 373 Å². The van der Waals surface area contributed by atoms with Gasteiger partial charge in [0, 0.05) is 39.2 Å². The molecule has 1 aromatic heterocycles. The molecule has 0 amide bonds. The molecule has 2 aliphatic carbocycles. The van der Waals surface area contributed by atoms with Gasteiger partial charge in [-0.2, -0.15) is 0 Å². The Morgan fingerprint density at radius 2 is 0.969 bits per heavy atom. The van der Waals surface area contributed by atoms with E-state index >= 15 is 0 Å². The van der Waals surface area contributed by atoms with Gasteiger partial charge in [0.05, 0.1) is 11.1 Å². The van der Waals surface area contributed by atoms with Crippen molar-refractivity contribution in [3.8, 4) is 33.4 Å². The third-order valence-electron chi connectivity index (χ3n) is 14.4. The average molecular weight is 818 g/mol. The monoisotopic (exact) mass is 817 g/mol. The minimum atomic E-state index is -0.587. The van der Waals surface area contributed by atoms with Crippen LogP contribution in [0.15, 0.2) is 229 Å². The fraction of sp³-hybridized carbons (Fsp3) is 0.0645. The van der Waals surface area contributed by atoms with Crippen molar-refractivity contribution in [2.45, 2.75) is 24.7 Å². The van der Waals surface area contributed by atoms with E-state index in [4.69, 9.17) is 4.42 Å². The molecular formula is C62H43NO. The second-order valence-electron chi connectivity index (χ2n) is 18.0. The van der Waals surface area contributed by atoms with E-state index < -0.39 is 5.41 Å². The van der Waals surface area contributed by atoms with Crippen LogP contribution in [0.25, 0.3) is 66.1 Å². The first-order chi connectivity index (χ1) is 31.5. The smallest absolute Gasteiger partial charge is 0.137 e. The highest BCUT2D eigenvalue weighted by Crippen LogP contribution is 2.60. The van der Waals surface area contributed by atoms with Gasteiger partial charge in [0.2, 0.25) is 0 Å². The van der Waals surface area contributed by atoms with Crippen LogP contribution in [0.2, 0.25) is 0 Å². The second-order valence-corrected chi connectivity index (χ2v) is 18.0. The second kappa shape index (κ2) is 13.8. The van der Waals surface area contributed by atoms with Crippen LogP contribution in [0, 0.1) is 0 Å². The predicted octanol–water partition coefficient (Wildman–Crippen LogP) is 16.5. The molecule has 1 heterocycles. The molecule has 0 bridgehead atoms. The summed E-state index contributed by atoms with van der Waals surface area (Å²) in [4.78, 5) is 2.48. The van der Waals surface area contributed by atoms with Crippen molar-refractivity contribution in [2.75, 3.05) is 4.90 Å². The molecule has 0 saturated carbocycles. The molecule has 0 saturated heterocycles. The van der Waals surface area contributed by atoms with Crippen LogP contribution >= 0.6 is 0 Å². The van der Waals surface area contributed by atoms with Crippen LogP contribution in [0.3, 0.4) is 0 Å². The van der Waals surface area contributed by atoms with Crippen molar-refractivity contribution >= 4 is 49.8 Å². The van der Waals surface area contributed by atoms with Gasteiger partial charge in [0.15, 0.2) is 0 Å². The molecular weight excluding hydrogens is 775 g/mol. The van der Waals surface area contributed by atoms with Gasteiger partial charge in [-0.05, 0) is 108 Å². The zero-order valence-electron chi connectivity index (χ0n) is 35.7. The summed E-state index contributed by atoms with van der Waals surface area (Å²) in [5.41, 5.74) is 19.5. The molecule has 0 spiro atoms. The van der Waals surface area contributed by atoms with E-state index in [0.717, 1.165) is 39.0 Å². The van der Waals surface area contributed by atoms with Crippen LogP contribution in [-0.2, 0) is 10.8 Å². The molecule has 2 aliphatic rings. The largest absolute Gasteiger partial charge is 0.456 e. The van der Waals surface area contributed by atoms with Crippen molar-refractivity contribution in [1.82, 2.24) is 0 Å². The number of fused-ring (bicyclic) bond motifs is 10. The molecule has 64 heavy (non-hydrogen) atoms. The van der Waals surface area contributed by atoms with Crippen LogP contribution in [0.5, 0.6) is 0 Å². The zero-order chi connectivity index (χ0) is 42.6. The van der Waals surface area contributed by atoms with Gasteiger partial charge in [0.1, 0.15) is 11.2 Å². The van der Waals surface area contributed by atoms with Crippen molar-refractivity contribution in [3.63, 3.8) is 0 Å². The molecule has 13 rings (SSSR count). The zero-order valence-corrected chi connectivity index (χ0v) is 35.7. The molecule has 10 aromatic carbocycles. The SMILES string of the molecule is CC1(C)c2ccccc2-c2ccc(N(c3ccc4c(c3)oc3ccccc34)c3cccc4c3-c3ccccc3C4(c3ccccc3)c3ccc(-c4cccc5ccccc45)cc3)cc21. The molecule has 2 heteroatoms. The van der Waals surface area contributed by atoms with Crippen LogP contribution in [0.1, 0.15) is 47.2 Å². The minimum Gasteiger partial charge on any atom is -0.456 e. The van der Waals surface area contributed by atoms with E-state index in [1.807, 2.05) is 6.07 Å². The fourth-order valence-corrected chi connectivity index (χ4v) is 11.5. The third-order valence-corrected chi connectivity index (χ3v) is 14.4. The Balaban J connectivity index is 1.07. The van der Waals surface area contributed by atoms with Crippen molar-refractivity contribution in [1.29, 1.82) is 0 Å². The summed E-state index contributed by atoms with van der Waals surface area (Å²) >= 11 is 0. The lowest BCUT2D eigenvalue weighted by Gasteiger charge is -2.34. The maximum atomic E-state index is 6.60. The van der Waals surface area contributed by atoms with Crippen LogP contribution < -0.4 is 4.90 Å². The van der Waals surface area contributed by atoms with E-state index in [-0.39, 0.29) is 5.41 Å². The molecule has 0 fully saturated rings. The normalized spacial score (nSPS) is 15.5. The molecule has 11 aromatic rings. The summed E-state index contributed by atoms with van der Waals surface area (Å²) in [5, 5.41) is 4.75. The molecule has 0 radical (unpaired) electrons. The Kier molecular flexibility index (Phi) is 7.90. The number of hydrogen-bond donors (Lipinski definition) is 0. The number of furan rings is 1. The summed E-state index contributed by atoms with van der Waals surface area (Å²) in [6, 6.07) is 82.9. The summed E-state index contributed by atoms with van der Waals surface area (Å²) in [6.07, 6.45) is 0. The first-order valence-electron chi connectivity index (χ1n) is 22.3. The molecule has 2 nitrogen and oxygen atoms in total. The Hall–Kier alpha value is -7.94. The highest BCUT2D eigenvalue weighted by Gasteiger charge is 2.47. The maximum absolute atomic E-state index is 6.60. The number of anilines is 3. The van der Waals surface area contributed by atoms with Gasteiger partial charge in [-0.25, -0.2) is 0 Å².